The Bertz CT molecular complexity index is 500. The predicted molar refractivity (Wildman–Crippen MR) is 78.6 cm³/mol. The summed E-state index contributed by atoms with van der Waals surface area (Å²) in [5.41, 5.74) is 6.09. The zero-order valence-corrected chi connectivity index (χ0v) is 12.5. The number of halogens is 1. The van der Waals surface area contributed by atoms with Crippen molar-refractivity contribution in [1.29, 1.82) is 0 Å². The van der Waals surface area contributed by atoms with Crippen molar-refractivity contribution < 1.29 is 13.9 Å². The van der Waals surface area contributed by atoms with Gasteiger partial charge in [-0.25, -0.2) is 4.39 Å². The van der Waals surface area contributed by atoms with Gasteiger partial charge in [-0.3, -0.25) is 4.79 Å². The Hall–Kier alpha value is -1.66. The summed E-state index contributed by atoms with van der Waals surface area (Å²) in [5.74, 6) is -0.131. The zero-order chi connectivity index (χ0) is 15.4. The van der Waals surface area contributed by atoms with Crippen molar-refractivity contribution >= 4 is 5.91 Å². The minimum atomic E-state index is -0.408. The first-order valence-corrected chi connectivity index (χ1v) is 7.11. The number of likely N-dealkylation sites (N-methyl/N-ethyl adjacent to an activating group) is 1. The first-order valence-electron chi connectivity index (χ1n) is 7.11. The highest BCUT2D eigenvalue weighted by Crippen LogP contribution is 2.20. The molecule has 0 bridgehead atoms. The first kappa shape index (κ1) is 15.7. The van der Waals surface area contributed by atoms with Crippen molar-refractivity contribution in [2.45, 2.75) is 13.0 Å². The zero-order valence-electron chi connectivity index (χ0n) is 12.5. The molecule has 116 valence electrons. The Kier molecular flexibility index (Phi) is 5.14. The summed E-state index contributed by atoms with van der Waals surface area (Å²) in [6.45, 7) is 4.79. The molecule has 6 heteroatoms. The van der Waals surface area contributed by atoms with Crippen LogP contribution in [0.15, 0.2) is 18.2 Å². The van der Waals surface area contributed by atoms with Crippen LogP contribution in [0.3, 0.4) is 0 Å². The lowest BCUT2D eigenvalue weighted by Crippen LogP contribution is -2.48. The number of hydrogen-bond donors (Lipinski definition) is 1. The standard InChI is InChI=1S/C15H22FN3O2/c1-11(17)13-4-3-12(9-14(13)16)21-10-15(20)19-7-5-18(2)6-8-19/h3-4,9,11H,5-8,10,17H2,1-2H3/t11-/m1/s1. The van der Waals surface area contributed by atoms with E-state index in [0.29, 0.717) is 24.4 Å². The van der Waals surface area contributed by atoms with Crippen LogP contribution in [0.1, 0.15) is 18.5 Å². The number of rotatable bonds is 4. The Balaban J connectivity index is 1.88. The maximum atomic E-state index is 13.8. The van der Waals surface area contributed by atoms with E-state index in [4.69, 9.17) is 10.5 Å². The highest BCUT2D eigenvalue weighted by molar-refractivity contribution is 5.77. The largest absolute Gasteiger partial charge is 0.484 e. The molecule has 1 fully saturated rings. The predicted octanol–water partition coefficient (Wildman–Crippen LogP) is 0.998. The lowest BCUT2D eigenvalue weighted by molar-refractivity contribution is -0.134. The van der Waals surface area contributed by atoms with Crippen LogP contribution in [0.25, 0.3) is 0 Å². The van der Waals surface area contributed by atoms with E-state index in [1.54, 1.807) is 24.0 Å². The van der Waals surface area contributed by atoms with Crippen LogP contribution in [-0.2, 0) is 4.79 Å². The third-order valence-electron chi connectivity index (χ3n) is 3.68. The van der Waals surface area contributed by atoms with Crippen molar-refractivity contribution in [2.24, 2.45) is 5.73 Å². The maximum Gasteiger partial charge on any atom is 0.260 e. The van der Waals surface area contributed by atoms with E-state index in [-0.39, 0.29) is 18.6 Å². The van der Waals surface area contributed by atoms with E-state index in [1.807, 2.05) is 7.05 Å². The Morgan fingerprint density at radius 2 is 2.05 bits per heavy atom. The van der Waals surface area contributed by atoms with Gasteiger partial charge in [0.05, 0.1) is 0 Å². The van der Waals surface area contributed by atoms with Gasteiger partial charge < -0.3 is 20.3 Å². The van der Waals surface area contributed by atoms with Gasteiger partial charge in [-0.05, 0) is 20.0 Å². The van der Waals surface area contributed by atoms with Crippen molar-refractivity contribution in [2.75, 3.05) is 39.8 Å². The molecule has 1 aliphatic rings. The Morgan fingerprint density at radius 1 is 1.38 bits per heavy atom. The maximum absolute atomic E-state index is 13.8. The quantitative estimate of drug-likeness (QED) is 0.900. The second kappa shape index (κ2) is 6.87. The summed E-state index contributed by atoms with van der Waals surface area (Å²) in [5, 5.41) is 0. The van der Waals surface area contributed by atoms with E-state index < -0.39 is 5.82 Å². The molecule has 1 aromatic carbocycles. The van der Waals surface area contributed by atoms with E-state index >= 15 is 0 Å². The molecule has 0 aromatic heterocycles. The Morgan fingerprint density at radius 3 is 2.62 bits per heavy atom. The molecule has 1 aliphatic heterocycles. The van der Waals surface area contributed by atoms with Crippen molar-refractivity contribution in [3.8, 4) is 5.75 Å². The molecular weight excluding hydrogens is 273 g/mol. The lowest BCUT2D eigenvalue weighted by atomic mass is 10.1. The van der Waals surface area contributed by atoms with E-state index in [2.05, 4.69) is 4.90 Å². The van der Waals surface area contributed by atoms with Gasteiger partial charge >= 0.3 is 0 Å². The molecule has 21 heavy (non-hydrogen) atoms. The number of ether oxygens (including phenoxy) is 1. The topological polar surface area (TPSA) is 58.8 Å². The fraction of sp³-hybridized carbons (Fsp3) is 0.533. The molecule has 0 aliphatic carbocycles. The van der Waals surface area contributed by atoms with Crippen LogP contribution in [0, 0.1) is 5.82 Å². The number of amides is 1. The van der Waals surface area contributed by atoms with Crippen LogP contribution < -0.4 is 10.5 Å². The minimum Gasteiger partial charge on any atom is -0.484 e. The van der Waals surface area contributed by atoms with Gasteiger partial charge in [-0.2, -0.15) is 0 Å². The molecule has 2 N–H and O–H groups in total. The monoisotopic (exact) mass is 295 g/mol. The van der Waals surface area contributed by atoms with E-state index in [1.165, 1.54) is 6.07 Å². The summed E-state index contributed by atoms with van der Waals surface area (Å²) in [6.07, 6.45) is 0. The summed E-state index contributed by atoms with van der Waals surface area (Å²) in [4.78, 5) is 16.0. The number of nitrogens with two attached hydrogens (primary N) is 1. The van der Waals surface area contributed by atoms with Gasteiger partial charge in [0.25, 0.3) is 5.91 Å². The third kappa shape index (κ3) is 4.15. The van der Waals surface area contributed by atoms with E-state index in [9.17, 15) is 9.18 Å². The third-order valence-corrected chi connectivity index (χ3v) is 3.68. The fourth-order valence-electron chi connectivity index (χ4n) is 2.26. The van der Waals surface area contributed by atoms with Crippen molar-refractivity contribution in [3.63, 3.8) is 0 Å². The van der Waals surface area contributed by atoms with Crippen LogP contribution >= 0.6 is 0 Å². The molecule has 1 aromatic rings. The molecule has 5 nitrogen and oxygen atoms in total. The fourth-order valence-corrected chi connectivity index (χ4v) is 2.26. The molecule has 2 rings (SSSR count). The average Bonchev–Trinajstić information content (AvgIpc) is 2.45. The molecular formula is C15H22FN3O2. The molecule has 1 amide bonds. The summed E-state index contributed by atoms with van der Waals surface area (Å²) >= 11 is 0. The lowest BCUT2D eigenvalue weighted by Gasteiger charge is -2.32. The second-order valence-electron chi connectivity index (χ2n) is 5.44. The second-order valence-corrected chi connectivity index (χ2v) is 5.44. The minimum absolute atomic E-state index is 0.0688. The SMILES string of the molecule is C[C@@H](N)c1ccc(OCC(=O)N2CCN(C)CC2)cc1F. The summed E-state index contributed by atoms with van der Waals surface area (Å²) in [7, 11) is 2.03. The molecule has 1 atom stereocenters. The first-order chi connectivity index (χ1) is 9.97. The van der Waals surface area contributed by atoms with Gasteiger partial charge in [0, 0.05) is 43.9 Å². The van der Waals surface area contributed by atoms with Gasteiger partial charge in [-0.15, -0.1) is 0 Å². The number of benzene rings is 1. The van der Waals surface area contributed by atoms with Crippen LogP contribution in [0.2, 0.25) is 0 Å². The highest BCUT2D eigenvalue weighted by atomic mass is 19.1. The van der Waals surface area contributed by atoms with Gasteiger partial charge in [0.1, 0.15) is 11.6 Å². The molecule has 1 saturated heterocycles. The number of nitrogens with zero attached hydrogens (tertiary/aromatic N) is 2. The van der Waals surface area contributed by atoms with Crippen LogP contribution in [0.5, 0.6) is 5.75 Å². The highest BCUT2D eigenvalue weighted by Gasteiger charge is 2.19. The summed E-state index contributed by atoms with van der Waals surface area (Å²) < 4.78 is 19.1. The van der Waals surface area contributed by atoms with Gasteiger partial charge in [0.15, 0.2) is 6.61 Å². The molecule has 0 spiro atoms. The molecule has 0 saturated carbocycles. The molecule has 0 unspecified atom stereocenters. The normalized spacial score (nSPS) is 17.6. The van der Waals surface area contributed by atoms with Crippen LogP contribution in [-0.4, -0.2) is 55.5 Å². The summed E-state index contributed by atoms with van der Waals surface area (Å²) in [6, 6.07) is 4.14. The van der Waals surface area contributed by atoms with Crippen molar-refractivity contribution in [3.05, 3.63) is 29.6 Å². The number of carbonyl (C=O) groups is 1. The van der Waals surface area contributed by atoms with Crippen molar-refractivity contribution in [1.82, 2.24) is 9.80 Å². The Labute approximate surface area is 124 Å². The number of piperazine rings is 1. The molecule has 1 heterocycles. The van der Waals surface area contributed by atoms with Crippen LogP contribution in [0.4, 0.5) is 4.39 Å². The average molecular weight is 295 g/mol. The van der Waals surface area contributed by atoms with E-state index in [0.717, 1.165) is 13.1 Å². The van der Waals surface area contributed by atoms with Gasteiger partial charge in [0.2, 0.25) is 0 Å². The van der Waals surface area contributed by atoms with Gasteiger partial charge in [-0.1, -0.05) is 6.07 Å². The number of hydrogen-bond acceptors (Lipinski definition) is 4. The smallest absolute Gasteiger partial charge is 0.260 e. The molecule has 0 radical (unpaired) electrons. The number of carbonyl (C=O) groups excluding carboxylic acids is 1.